The molecule has 2 aliphatic heterocycles. The number of piperazine rings is 1. The van der Waals surface area contributed by atoms with Gasteiger partial charge in [-0.3, -0.25) is 9.69 Å². The average molecular weight is 423 g/mol. The van der Waals surface area contributed by atoms with Crippen molar-refractivity contribution in [3.8, 4) is 23.0 Å². The lowest BCUT2D eigenvalue weighted by molar-refractivity contribution is -0.143. The molecule has 0 N–H and O–H groups in total. The van der Waals surface area contributed by atoms with Crippen LogP contribution in [0.3, 0.4) is 0 Å². The van der Waals surface area contributed by atoms with Crippen LogP contribution < -0.4 is 9.47 Å². The number of rotatable bonds is 4. The number of carbonyl (C=O) groups is 1. The standard InChI is InChI=1S/C23H22FN3O4/c24-17-7-5-16(6-8-17)22-25-18(14-30-22)13-26-9-11-27(12-10-26)23(28)21-15-29-19-3-1-2-4-20(19)31-21/h1-8,14,21H,9-13,15H2. The van der Waals surface area contributed by atoms with E-state index in [4.69, 9.17) is 13.9 Å². The Balaban J connectivity index is 1.14. The van der Waals surface area contributed by atoms with E-state index in [2.05, 4.69) is 9.88 Å². The van der Waals surface area contributed by atoms with E-state index < -0.39 is 6.10 Å². The van der Waals surface area contributed by atoms with Crippen LogP contribution in [0.25, 0.3) is 11.5 Å². The van der Waals surface area contributed by atoms with Crippen LogP contribution >= 0.6 is 0 Å². The van der Waals surface area contributed by atoms with Gasteiger partial charge in [-0.1, -0.05) is 12.1 Å². The lowest BCUT2D eigenvalue weighted by Gasteiger charge is -2.36. The van der Waals surface area contributed by atoms with Crippen molar-refractivity contribution >= 4 is 5.91 Å². The van der Waals surface area contributed by atoms with Crippen LogP contribution in [0.5, 0.6) is 11.5 Å². The Morgan fingerprint density at radius 3 is 2.55 bits per heavy atom. The molecule has 1 fully saturated rings. The number of ether oxygens (including phenoxy) is 2. The number of carbonyl (C=O) groups excluding carboxylic acids is 1. The summed E-state index contributed by atoms with van der Waals surface area (Å²) in [6.07, 6.45) is 1.01. The second kappa shape index (κ2) is 8.39. The van der Waals surface area contributed by atoms with Crippen molar-refractivity contribution in [2.75, 3.05) is 32.8 Å². The molecule has 2 aliphatic rings. The molecule has 1 unspecified atom stereocenters. The molecule has 5 rings (SSSR count). The van der Waals surface area contributed by atoms with Gasteiger partial charge in [-0.05, 0) is 36.4 Å². The van der Waals surface area contributed by atoms with Crippen molar-refractivity contribution in [1.82, 2.24) is 14.8 Å². The number of oxazole rings is 1. The third kappa shape index (κ3) is 4.25. The van der Waals surface area contributed by atoms with E-state index in [1.807, 2.05) is 29.2 Å². The molecule has 0 saturated carbocycles. The summed E-state index contributed by atoms with van der Waals surface area (Å²) in [5.74, 6) is 1.41. The first-order valence-electron chi connectivity index (χ1n) is 10.3. The predicted octanol–water partition coefficient (Wildman–Crippen LogP) is 2.96. The lowest BCUT2D eigenvalue weighted by atomic mass is 10.2. The van der Waals surface area contributed by atoms with Crippen LogP contribution in [-0.4, -0.2) is 59.6 Å². The molecule has 0 aliphatic carbocycles. The van der Waals surface area contributed by atoms with Crippen molar-refractivity contribution in [2.45, 2.75) is 12.6 Å². The monoisotopic (exact) mass is 423 g/mol. The Hall–Kier alpha value is -3.39. The van der Waals surface area contributed by atoms with Crippen LogP contribution in [0.4, 0.5) is 4.39 Å². The molecule has 160 valence electrons. The fraction of sp³-hybridized carbons (Fsp3) is 0.304. The van der Waals surface area contributed by atoms with Gasteiger partial charge in [-0.25, -0.2) is 9.37 Å². The molecule has 0 spiro atoms. The zero-order chi connectivity index (χ0) is 21.2. The quantitative estimate of drug-likeness (QED) is 0.643. The second-order valence-corrected chi connectivity index (χ2v) is 7.62. The molecule has 0 bridgehead atoms. The molecule has 3 heterocycles. The summed E-state index contributed by atoms with van der Waals surface area (Å²) in [6, 6.07) is 13.4. The van der Waals surface area contributed by atoms with Crippen LogP contribution in [0.15, 0.2) is 59.2 Å². The summed E-state index contributed by atoms with van der Waals surface area (Å²) >= 11 is 0. The van der Waals surface area contributed by atoms with Gasteiger partial charge in [0.25, 0.3) is 5.91 Å². The second-order valence-electron chi connectivity index (χ2n) is 7.62. The summed E-state index contributed by atoms with van der Waals surface area (Å²) in [5, 5.41) is 0. The zero-order valence-corrected chi connectivity index (χ0v) is 16.9. The zero-order valence-electron chi connectivity index (χ0n) is 16.9. The number of benzene rings is 2. The molecule has 2 aromatic carbocycles. The molecular formula is C23H22FN3O4. The maximum absolute atomic E-state index is 13.1. The van der Waals surface area contributed by atoms with Crippen molar-refractivity contribution in [1.29, 1.82) is 0 Å². The number of halogens is 1. The Labute approximate surface area is 179 Å². The first-order valence-corrected chi connectivity index (χ1v) is 10.3. The first-order chi connectivity index (χ1) is 15.2. The fourth-order valence-electron chi connectivity index (χ4n) is 3.80. The molecule has 3 aromatic rings. The van der Waals surface area contributed by atoms with Gasteiger partial charge in [-0.2, -0.15) is 0 Å². The largest absolute Gasteiger partial charge is 0.485 e. The summed E-state index contributed by atoms with van der Waals surface area (Å²) < 4.78 is 30.2. The Bertz CT molecular complexity index is 1060. The summed E-state index contributed by atoms with van der Waals surface area (Å²) in [6.45, 7) is 3.54. The minimum Gasteiger partial charge on any atom is -0.485 e. The smallest absolute Gasteiger partial charge is 0.267 e. The summed E-state index contributed by atoms with van der Waals surface area (Å²) in [5.41, 5.74) is 1.54. The van der Waals surface area contributed by atoms with Crippen molar-refractivity contribution in [3.63, 3.8) is 0 Å². The highest BCUT2D eigenvalue weighted by atomic mass is 19.1. The van der Waals surface area contributed by atoms with Gasteiger partial charge in [0.2, 0.25) is 12.0 Å². The number of hydrogen-bond donors (Lipinski definition) is 0. The number of amides is 1. The molecule has 8 heteroatoms. The van der Waals surface area contributed by atoms with Crippen LogP contribution in [0.1, 0.15) is 5.69 Å². The van der Waals surface area contributed by atoms with Gasteiger partial charge in [0.15, 0.2) is 11.5 Å². The van der Waals surface area contributed by atoms with Crippen LogP contribution in [0, 0.1) is 5.82 Å². The van der Waals surface area contributed by atoms with E-state index in [9.17, 15) is 9.18 Å². The normalized spacial score (nSPS) is 18.7. The minimum atomic E-state index is -0.616. The third-order valence-electron chi connectivity index (χ3n) is 5.50. The molecular weight excluding hydrogens is 401 g/mol. The van der Waals surface area contributed by atoms with E-state index in [-0.39, 0.29) is 18.3 Å². The van der Waals surface area contributed by atoms with E-state index in [0.717, 1.165) is 24.3 Å². The molecule has 1 atom stereocenters. The van der Waals surface area contributed by atoms with Crippen molar-refractivity contribution in [3.05, 3.63) is 66.3 Å². The Morgan fingerprint density at radius 2 is 1.77 bits per heavy atom. The van der Waals surface area contributed by atoms with Gasteiger partial charge in [-0.15, -0.1) is 0 Å². The molecule has 1 amide bonds. The summed E-state index contributed by atoms with van der Waals surface area (Å²) in [4.78, 5) is 21.4. The van der Waals surface area contributed by atoms with Crippen molar-refractivity contribution in [2.24, 2.45) is 0 Å². The van der Waals surface area contributed by atoms with Crippen LogP contribution in [0.2, 0.25) is 0 Å². The molecule has 7 nitrogen and oxygen atoms in total. The van der Waals surface area contributed by atoms with Gasteiger partial charge in [0, 0.05) is 38.3 Å². The molecule has 31 heavy (non-hydrogen) atoms. The number of nitrogens with zero attached hydrogens (tertiary/aromatic N) is 3. The molecule has 1 aromatic heterocycles. The fourth-order valence-corrected chi connectivity index (χ4v) is 3.80. The molecule has 1 saturated heterocycles. The summed E-state index contributed by atoms with van der Waals surface area (Å²) in [7, 11) is 0. The van der Waals surface area contributed by atoms with Gasteiger partial charge in [0.1, 0.15) is 18.7 Å². The lowest BCUT2D eigenvalue weighted by Crippen LogP contribution is -2.53. The Morgan fingerprint density at radius 1 is 1.03 bits per heavy atom. The minimum absolute atomic E-state index is 0.0471. The third-order valence-corrected chi connectivity index (χ3v) is 5.50. The maximum atomic E-state index is 13.1. The highest BCUT2D eigenvalue weighted by molar-refractivity contribution is 5.82. The van der Waals surface area contributed by atoms with E-state index >= 15 is 0 Å². The average Bonchev–Trinajstić information content (AvgIpc) is 3.27. The number of aromatic nitrogens is 1. The highest BCUT2D eigenvalue weighted by Crippen LogP contribution is 2.31. The van der Waals surface area contributed by atoms with Gasteiger partial charge < -0.3 is 18.8 Å². The van der Waals surface area contributed by atoms with Gasteiger partial charge in [0.05, 0.1) is 5.69 Å². The number of fused-ring (bicyclic) bond motifs is 1. The first kappa shape index (κ1) is 19.6. The van der Waals surface area contributed by atoms with E-state index in [1.165, 1.54) is 12.1 Å². The maximum Gasteiger partial charge on any atom is 0.267 e. The van der Waals surface area contributed by atoms with E-state index in [1.54, 1.807) is 18.4 Å². The van der Waals surface area contributed by atoms with Gasteiger partial charge >= 0.3 is 0 Å². The highest BCUT2D eigenvalue weighted by Gasteiger charge is 2.32. The Kier molecular flexibility index (Phi) is 5.30. The number of para-hydroxylation sites is 2. The van der Waals surface area contributed by atoms with Crippen molar-refractivity contribution < 1.29 is 23.1 Å². The van der Waals surface area contributed by atoms with Crippen LogP contribution in [-0.2, 0) is 11.3 Å². The van der Waals surface area contributed by atoms with E-state index in [0.29, 0.717) is 37.0 Å². The topological polar surface area (TPSA) is 68.0 Å². The predicted molar refractivity (Wildman–Crippen MR) is 110 cm³/mol. The molecule has 0 radical (unpaired) electrons. The SMILES string of the molecule is O=C(C1COc2ccccc2O1)N1CCN(Cc2coc(-c3ccc(F)cc3)n2)CC1. The number of hydrogen-bond acceptors (Lipinski definition) is 6.